The van der Waals surface area contributed by atoms with Gasteiger partial charge in [-0.05, 0) is 72.9 Å². The predicted molar refractivity (Wildman–Crippen MR) is 162 cm³/mol. The van der Waals surface area contributed by atoms with Gasteiger partial charge in [-0.1, -0.05) is 18.2 Å². The molecule has 1 saturated heterocycles. The fourth-order valence-corrected chi connectivity index (χ4v) is 5.98. The minimum atomic E-state index is -0.138. The Bertz CT molecular complexity index is 1430. The number of amides is 1. The molecular weight excluding hydrogens is 528 g/mol. The number of carbonyl (C=O) groups is 1. The molecule has 0 radical (unpaired) electrons. The van der Waals surface area contributed by atoms with Gasteiger partial charge < -0.3 is 20.7 Å². The SMILES string of the molecule is CN(CCc1cccnc1)C(=O)c1ccc(CCC2CCC3=C2NC(N2CCOCC2)N=C3c2cnc(N)nc2)cc1. The molecule has 3 aromatic rings. The van der Waals surface area contributed by atoms with E-state index < -0.39 is 0 Å². The van der Waals surface area contributed by atoms with E-state index in [0.29, 0.717) is 31.2 Å². The molecule has 2 aromatic heterocycles. The lowest BCUT2D eigenvalue weighted by Crippen LogP contribution is -2.51. The van der Waals surface area contributed by atoms with Gasteiger partial charge in [0.05, 0.1) is 18.9 Å². The van der Waals surface area contributed by atoms with Crippen molar-refractivity contribution in [2.24, 2.45) is 10.9 Å². The molecular formula is C32H38N8O2. The van der Waals surface area contributed by atoms with Crippen molar-refractivity contribution in [1.29, 1.82) is 0 Å². The number of anilines is 1. The first kappa shape index (κ1) is 28.0. The zero-order chi connectivity index (χ0) is 28.9. The monoisotopic (exact) mass is 566 g/mol. The maximum absolute atomic E-state index is 13.0. The zero-order valence-corrected chi connectivity index (χ0v) is 24.1. The first-order valence-electron chi connectivity index (χ1n) is 14.8. The summed E-state index contributed by atoms with van der Waals surface area (Å²) >= 11 is 0. The van der Waals surface area contributed by atoms with Crippen LogP contribution in [0, 0.1) is 5.92 Å². The summed E-state index contributed by atoms with van der Waals surface area (Å²) in [6.07, 6.45) is 11.8. The van der Waals surface area contributed by atoms with E-state index in [9.17, 15) is 4.79 Å². The van der Waals surface area contributed by atoms with Crippen molar-refractivity contribution >= 4 is 17.6 Å². The second-order valence-corrected chi connectivity index (χ2v) is 11.2. The third-order valence-corrected chi connectivity index (χ3v) is 8.42. The van der Waals surface area contributed by atoms with E-state index in [-0.39, 0.29) is 18.1 Å². The Balaban J connectivity index is 1.11. The molecule has 6 rings (SSSR count). The average Bonchev–Trinajstić information content (AvgIpc) is 3.46. The van der Waals surface area contributed by atoms with Gasteiger partial charge in [0, 0.05) is 68.3 Å². The highest BCUT2D eigenvalue weighted by Crippen LogP contribution is 2.38. The number of pyridine rings is 1. The lowest BCUT2D eigenvalue weighted by atomic mass is 9.95. The topological polar surface area (TPSA) is 122 Å². The highest BCUT2D eigenvalue weighted by atomic mass is 16.5. The smallest absolute Gasteiger partial charge is 0.253 e. The van der Waals surface area contributed by atoms with Crippen LogP contribution in [0.1, 0.15) is 46.3 Å². The summed E-state index contributed by atoms with van der Waals surface area (Å²) in [7, 11) is 1.85. The highest BCUT2D eigenvalue weighted by molar-refractivity contribution is 6.13. The van der Waals surface area contributed by atoms with E-state index in [2.05, 4.69) is 37.3 Å². The van der Waals surface area contributed by atoms with Crippen LogP contribution in [0.15, 0.2) is 77.4 Å². The van der Waals surface area contributed by atoms with Crippen molar-refractivity contribution in [2.75, 3.05) is 45.6 Å². The van der Waals surface area contributed by atoms with E-state index in [1.54, 1.807) is 23.5 Å². The summed E-state index contributed by atoms with van der Waals surface area (Å²) in [5.74, 6) is 0.708. The van der Waals surface area contributed by atoms with Gasteiger partial charge in [0.15, 0.2) is 6.29 Å². The Morgan fingerprint density at radius 3 is 2.60 bits per heavy atom. The summed E-state index contributed by atoms with van der Waals surface area (Å²) in [6, 6.07) is 12.1. The van der Waals surface area contributed by atoms with Crippen LogP contribution in [0.25, 0.3) is 0 Å². The predicted octanol–water partition coefficient (Wildman–Crippen LogP) is 3.07. The standard InChI is InChI=1S/C32H38N8O2/c1-39(14-12-23-3-2-13-34-19-23)30(41)25-8-5-22(6-9-25)4-7-24-10-11-27-28(24)37-32(40-15-17-42-18-16-40)38-29(27)26-20-35-31(33)36-21-26/h2-3,5-6,8-9,13,19-21,24,32,37H,4,7,10-12,14-18H2,1H3,(H2,33,35,36). The number of nitrogens with zero attached hydrogens (tertiary/aromatic N) is 6. The van der Waals surface area contributed by atoms with Crippen LogP contribution in [0.2, 0.25) is 0 Å². The molecule has 1 aliphatic carbocycles. The summed E-state index contributed by atoms with van der Waals surface area (Å²) in [5.41, 5.74) is 13.3. The number of hydrogen-bond donors (Lipinski definition) is 2. The Morgan fingerprint density at radius 1 is 1.07 bits per heavy atom. The van der Waals surface area contributed by atoms with E-state index >= 15 is 0 Å². The number of allylic oxidation sites excluding steroid dienone is 2. The van der Waals surface area contributed by atoms with Crippen LogP contribution < -0.4 is 11.1 Å². The van der Waals surface area contributed by atoms with E-state index in [4.69, 9.17) is 15.5 Å². The maximum Gasteiger partial charge on any atom is 0.253 e. The van der Waals surface area contributed by atoms with Crippen molar-refractivity contribution in [1.82, 2.24) is 30.1 Å². The Morgan fingerprint density at radius 2 is 1.86 bits per heavy atom. The molecule has 42 heavy (non-hydrogen) atoms. The number of nitrogens with one attached hydrogen (secondary N) is 1. The number of likely N-dealkylation sites (N-methyl/N-ethyl adjacent to an activating group) is 1. The molecule has 2 aliphatic heterocycles. The third-order valence-electron chi connectivity index (χ3n) is 8.42. The van der Waals surface area contributed by atoms with Crippen LogP contribution in [0.5, 0.6) is 0 Å². The number of aryl methyl sites for hydroxylation is 1. The highest BCUT2D eigenvalue weighted by Gasteiger charge is 2.35. The van der Waals surface area contributed by atoms with E-state index in [1.807, 2.05) is 37.5 Å². The number of benzene rings is 1. The molecule has 0 spiro atoms. The molecule has 1 aromatic carbocycles. The first-order valence-corrected chi connectivity index (χ1v) is 14.8. The normalized spacial score (nSPS) is 20.5. The van der Waals surface area contributed by atoms with Crippen LogP contribution in [-0.4, -0.2) is 82.6 Å². The molecule has 10 nitrogen and oxygen atoms in total. The minimum Gasteiger partial charge on any atom is -0.379 e. The lowest BCUT2D eigenvalue weighted by Gasteiger charge is -2.37. The summed E-state index contributed by atoms with van der Waals surface area (Å²) < 4.78 is 5.59. The zero-order valence-electron chi connectivity index (χ0n) is 24.1. The molecule has 2 unspecified atom stereocenters. The molecule has 2 atom stereocenters. The molecule has 218 valence electrons. The molecule has 1 fully saturated rings. The van der Waals surface area contributed by atoms with E-state index in [1.165, 1.54) is 16.8 Å². The number of nitrogens with two attached hydrogens (primary N) is 1. The van der Waals surface area contributed by atoms with Gasteiger partial charge in [0.25, 0.3) is 5.91 Å². The number of aromatic nitrogens is 3. The van der Waals surface area contributed by atoms with Crippen molar-refractivity contribution in [3.8, 4) is 0 Å². The molecule has 1 amide bonds. The number of hydrogen-bond acceptors (Lipinski definition) is 9. The second kappa shape index (κ2) is 12.8. The van der Waals surface area contributed by atoms with Gasteiger partial charge in [0.2, 0.25) is 5.95 Å². The van der Waals surface area contributed by atoms with Gasteiger partial charge >= 0.3 is 0 Å². The van der Waals surface area contributed by atoms with Gasteiger partial charge in [-0.25, -0.2) is 15.0 Å². The van der Waals surface area contributed by atoms with Gasteiger partial charge in [-0.2, -0.15) is 0 Å². The summed E-state index contributed by atoms with van der Waals surface area (Å²) in [5, 5.41) is 3.79. The molecule has 3 N–H and O–H groups in total. The number of rotatable bonds is 9. The van der Waals surface area contributed by atoms with Crippen LogP contribution in [0.3, 0.4) is 0 Å². The van der Waals surface area contributed by atoms with Gasteiger partial charge in [-0.15, -0.1) is 0 Å². The average molecular weight is 567 g/mol. The fourth-order valence-electron chi connectivity index (χ4n) is 5.98. The largest absolute Gasteiger partial charge is 0.379 e. The summed E-state index contributed by atoms with van der Waals surface area (Å²) in [4.78, 5) is 34.9. The summed E-state index contributed by atoms with van der Waals surface area (Å²) in [6.45, 7) is 3.75. The Hall–Kier alpha value is -4.15. The molecule has 0 saturated carbocycles. The number of morpholine rings is 1. The van der Waals surface area contributed by atoms with Crippen molar-refractivity contribution in [2.45, 2.75) is 38.4 Å². The second-order valence-electron chi connectivity index (χ2n) is 11.2. The number of carbonyl (C=O) groups excluding carboxylic acids is 1. The number of aliphatic imine (C=N–C) groups is 1. The number of ether oxygens (including phenoxy) is 1. The number of nitrogen functional groups attached to an aromatic ring is 1. The van der Waals surface area contributed by atoms with Gasteiger partial charge in [0.1, 0.15) is 0 Å². The van der Waals surface area contributed by atoms with Crippen LogP contribution in [0.4, 0.5) is 5.95 Å². The lowest BCUT2D eigenvalue weighted by molar-refractivity contribution is 0.0122. The quantitative estimate of drug-likeness (QED) is 0.405. The fraction of sp³-hybridized carbons (Fsp3) is 0.406. The maximum atomic E-state index is 13.0. The van der Waals surface area contributed by atoms with Crippen molar-refractivity contribution in [3.63, 3.8) is 0 Å². The third kappa shape index (κ3) is 6.34. The molecule has 4 heterocycles. The molecule has 0 bridgehead atoms. The Kier molecular flexibility index (Phi) is 8.52. The molecule has 10 heteroatoms. The van der Waals surface area contributed by atoms with Crippen molar-refractivity contribution < 1.29 is 9.53 Å². The Labute approximate surface area is 246 Å². The van der Waals surface area contributed by atoms with Crippen molar-refractivity contribution in [3.05, 3.63) is 94.7 Å². The first-order chi connectivity index (χ1) is 20.5. The van der Waals surface area contributed by atoms with E-state index in [0.717, 1.165) is 62.0 Å². The van der Waals surface area contributed by atoms with Gasteiger partial charge in [-0.3, -0.25) is 14.7 Å². The van der Waals surface area contributed by atoms with Crippen LogP contribution in [-0.2, 0) is 17.6 Å². The molecule has 3 aliphatic rings. The minimum absolute atomic E-state index is 0.0371. The van der Waals surface area contributed by atoms with Crippen LogP contribution >= 0.6 is 0 Å².